The lowest BCUT2D eigenvalue weighted by molar-refractivity contribution is 0.610. The monoisotopic (exact) mass is 210 g/mol. The van der Waals surface area contributed by atoms with Gasteiger partial charge in [-0.2, -0.15) is 0 Å². The summed E-state index contributed by atoms with van der Waals surface area (Å²) in [7, 11) is 0. The van der Waals surface area contributed by atoms with Crippen molar-refractivity contribution in [1.82, 2.24) is 0 Å². The number of benzene rings is 1. The molecule has 0 heterocycles. The minimum absolute atomic E-state index is 0.778. The SMILES string of the molecule is CC1=c2cc(C)ccc2=C2C=CCCC2C1. The third-order valence-corrected chi connectivity index (χ3v) is 3.92. The van der Waals surface area contributed by atoms with Gasteiger partial charge in [0.15, 0.2) is 0 Å². The van der Waals surface area contributed by atoms with Crippen LogP contribution in [0.4, 0.5) is 0 Å². The minimum Gasteiger partial charge on any atom is -0.0842 e. The minimum atomic E-state index is 0.778. The van der Waals surface area contributed by atoms with Crippen molar-refractivity contribution in [2.75, 3.05) is 0 Å². The lowest BCUT2D eigenvalue weighted by atomic mass is 9.79. The van der Waals surface area contributed by atoms with E-state index in [2.05, 4.69) is 44.2 Å². The molecule has 2 aliphatic rings. The Morgan fingerprint density at radius 1 is 1.12 bits per heavy atom. The summed E-state index contributed by atoms with van der Waals surface area (Å²) in [6, 6.07) is 6.89. The van der Waals surface area contributed by atoms with Crippen molar-refractivity contribution in [3.05, 3.63) is 46.4 Å². The maximum Gasteiger partial charge on any atom is -0.0116 e. The van der Waals surface area contributed by atoms with Gasteiger partial charge in [-0.1, -0.05) is 41.5 Å². The zero-order valence-corrected chi connectivity index (χ0v) is 10.1. The van der Waals surface area contributed by atoms with Gasteiger partial charge in [0, 0.05) is 0 Å². The Bertz CT molecular complexity index is 573. The summed E-state index contributed by atoms with van der Waals surface area (Å²) in [5.74, 6) is 0.778. The second-order valence-corrected chi connectivity index (χ2v) is 5.17. The molecule has 0 bridgehead atoms. The average molecular weight is 210 g/mol. The van der Waals surface area contributed by atoms with Crippen molar-refractivity contribution >= 4 is 11.1 Å². The van der Waals surface area contributed by atoms with Gasteiger partial charge in [0.2, 0.25) is 0 Å². The molecule has 0 saturated heterocycles. The standard InChI is InChI=1S/C16H18/c1-11-7-8-15-14-6-4-3-5-13(14)10-12(2)16(15)9-11/h4,6-9,13H,3,5,10H2,1-2H3. The van der Waals surface area contributed by atoms with Crippen LogP contribution in [0.3, 0.4) is 0 Å². The van der Waals surface area contributed by atoms with Gasteiger partial charge in [-0.05, 0) is 55.0 Å². The first-order valence-electron chi connectivity index (χ1n) is 6.23. The maximum absolute atomic E-state index is 2.36. The van der Waals surface area contributed by atoms with E-state index in [4.69, 9.17) is 0 Å². The van der Waals surface area contributed by atoms with Crippen molar-refractivity contribution < 1.29 is 0 Å². The number of hydrogen-bond acceptors (Lipinski definition) is 0. The van der Waals surface area contributed by atoms with E-state index in [0.29, 0.717) is 0 Å². The van der Waals surface area contributed by atoms with Crippen LogP contribution >= 0.6 is 0 Å². The molecule has 16 heavy (non-hydrogen) atoms. The molecule has 1 aromatic carbocycles. The Kier molecular flexibility index (Phi) is 2.24. The predicted octanol–water partition coefficient (Wildman–Crippen LogP) is 2.69. The van der Waals surface area contributed by atoms with Crippen molar-refractivity contribution in [2.24, 2.45) is 5.92 Å². The van der Waals surface area contributed by atoms with Crippen molar-refractivity contribution in [3.8, 4) is 0 Å². The summed E-state index contributed by atoms with van der Waals surface area (Å²) < 4.78 is 0. The molecular formula is C16H18. The summed E-state index contributed by atoms with van der Waals surface area (Å²) in [5, 5.41) is 2.97. The molecule has 82 valence electrons. The predicted molar refractivity (Wildman–Crippen MR) is 69.4 cm³/mol. The van der Waals surface area contributed by atoms with Crippen molar-refractivity contribution in [1.29, 1.82) is 0 Å². The number of hydrogen-bond donors (Lipinski definition) is 0. The first-order chi connectivity index (χ1) is 7.75. The molecule has 1 unspecified atom stereocenters. The van der Waals surface area contributed by atoms with E-state index in [1.54, 1.807) is 11.1 Å². The quantitative estimate of drug-likeness (QED) is 0.617. The molecule has 1 aromatic rings. The van der Waals surface area contributed by atoms with Crippen LogP contribution in [0.1, 0.15) is 31.7 Å². The molecule has 0 N–H and O–H groups in total. The normalized spacial score (nSPS) is 23.0. The van der Waals surface area contributed by atoms with Gasteiger partial charge in [-0.15, -0.1) is 0 Å². The Labute approximate surface area is 97.0 Å². The van der Waals surface area contributed by atoms with E-state index in [-0.39, 0.29) is 0 Å². The summed E-state index contributed by atoms with van der Waals surface area (Å²) in [6.07, 6.45) is 8.53. The summed E-state index contributed by atoms with van der Waals surface area (Å²) in [6.45, 7) is 4.48. The molecule has 3 rings (SSSR count). The van der Waals surface area contributed by atoms with Crippen molar-refractivity contribution in [3.63, 3.8) is 0 Å². The fourth-order valence-corrected chi connectivity index (χ4v) is 3.06. The van der Waals surface area contributed by atoms with Crippen LogP contribution in [0.25, 0.3) is 11.1 Å². The van der Waals surface area contributed by atoms with Crippen LogP contribution < -0.4 is 10.4 Å². The molecule has 0 radical (unpaired) electrons. The highest BCUT2D eigenvalue weighted by Gasteiger charge is 2.20. The Morgan fingerprint density at radius 3 is 2.88 bits per heavy atom. The van der Waals surface area contributed by atoms with E-state index in [1.165, 1.54) is 35.3 Å². The molecule has 0 fully saturated rings. The van der Waals surface area contributed by atoms with Gasteiger partial charge >= 0.3 is 0 Å². The second kappa shape index (κ2) is 3.62. The lowest BCUT2D eigenvalue weighted by Crippen LogP contribution is -2.35. The van der Waals surface area contributed by atoms with E-state index in [0.717, 1.165) is 5.92 Å². The van der Waals surface area contributed by atoms with Crippen LogP contribution in [0.5, 0.6) is 0 Å². The third-order valence-electron chi connectivity index (χ3n) is 3.92. The molecule has 1 atom stereocenters. The molecule has 0 amide bonds. The number of allylic oxidation sites excluding steroid dienone is 2. The Hall–Kier alpha value is -1.30. The maximum atomic E-state index is 2.36. The zero-order valence-electron chi connectivity index (χ0n) is 10.1. The van der Waals surface area contributed by atoms with Gasteiger partial charge < -0.3 is 0 Å². The number of aryl methyl sites for hydroxylation is 1. The van der Waals surface area contributed by atoms with Crippen LogP contribution in [-0.4, -0.2) is 0 Å². The lowest BCUT2D eigenvalue weighted by Gasteiger charge is -2.25. The molecule has 0 saturated carbocycles. The molecule has 0 spiro atoms. The largest absolute Gasteiger partial charge is 0.0842 e. The highest BCUT2D eigenvalue weighted by molar-refractivity contribution is 5.66. The second-order valence-electron chi connectivity index (χ2n) is 5.17. The Morgan fingerprint density at radius 2 is 2.00 bits per heavy atom. The van der Waals surface area contributed by atoms with E-state index in [9.17, 15) is 0 Å². The third kappa shape index (κ3) is 1.44. The fourth-order valence-electron chi connectivity index (χ4n) is 3.06. The highest BCUT2D eigenvalue weighted by Crippen LogP contribution is 2.31. The van der Waals surface area contributed by atoms with Gasteiger partial charge in [0.1, 0.15) is 0 Å². The van der Waals surface area contributed by atoms with Crippen LogP contribution in [0.15, 0.2) is 30.4 Å². The van der Waals surface area contributed by atoms with Gasteiger partial charge in [0.25, 0.3) is 0 Å². The summed E-state index contributed by atoms with van der Waals surface area (Å²) in [4.78, 5) is 0. The van der Waals surface area contributed by atoms with Gasteiger partial charge in [0.05, 0.1) is 0 Å². The van der Waals surface area contributed by atoms with E-state index >= 15 is 0 Å². The summed E-state index contributed by atoms with van der Waals surface area (Å²) >= 11 is 0. The van der Waals surface area contributed by atoms with Gasteiger partial charge in [-0.25, -0.2) is 0 Å². The van der Waals surface area contributed by atoms with E-state index in [1.807, 2.05) is 0 Å². The first kappa shape index (κ1) is 9.89. The number of fused-ring (bicyclic) bond motifs is 2. The van der Waals surface area contributed by atoms with E-state index < -0.39 is 0 Å². The molecule has 0 heteroatoms. The molecule has 2 aliphatic carbocycles. The van der Waals surface area contributed by atoms with Gasteiger partial charge in [-0.3, -0.25) is 0 Å². The van der Waals surface area contributed by atoms with Crippen LogP contribution in [-0.2, 0) is 0 Å². The first-order valence-corrected chi connectivity index (χ1v) is 6.23. The average Bonchev–Trinajstić information content (AvgIpc) is 2.29. The smallest absolute Gasteiger partial charge is 0.0116 e. The van der Waals surface area contributed by atoms with Crippen LogP contribution in [0.2, 0.25) is 0 Å². The Balaban J connectivity index is 2.41. The number of rotatable bonds is 0. The topological polar surface area (TPSA) is 0 Å². The summed E-state index contributed by atoms with van der Waals surface area (Å²) in [5.41, 5.74) is 4.52. The zero-order chi connectivity index (χ0) is 11.1. The molecule has 0 nitrogen and oxygen atoms in total. The molecule has 0 aromatic heterocycles. The van der Waals surface area contributed by atoms with Crippen molar-refractivity contribution in [2.45, 2.75) is 33.1 Å². The molecule has 0 aliphatic heterocycles. The fraction of sp³-hybridized carbons (Fsp3) is 0.375. The molecular weight excluding hydrogens is 192 g/mol. The van der Waals surface area contributed by atoms with Crippen LogP contribution in [0, 0.1) is 12.8 Å². The highest BCUT2D eigenvalue weighted by atomic mass is 14.2.